The Labute approximate surface area is 151 Å². The van der Waals surface area contributed by atoms with E-state index in [1.54, 1.807) is 6.07 Å². The summed E-state index contributed by atoms with van der Waals surface area (Å²) in [7, 11) is 0. The van der Waals surface area contributed by atoms with Gasteiger partial charge in [0.1, 0.15) is 0 Å². The van der Waals surface area contributed by atoms with Crippen LogP contribution in [0.5, 0.6) is 0 Å². The highest BCUT2D eigenvalue weighted by molar-refractivity contribution is 9.10. The number of nitrogens with one attached hydrogen (secondary N) is 1. The summed E-state index contributed by atoms with van der Waals surface area (Å²) in [5, 5.41) is 3.07. The molecule has 0 spiro atoms. The van der Waals surface area contributed by atoms with Crippen molar-refractivity contribution >= 4 is 38.9 Å². The van der Waals surface area contributed by atoms with E-state index < -0.39 is 0 Å². The molecular weight excluding hydrogens is 366 g/mol. The Bertz CT molecular complexity index is 759. The van der Waals surface area contributed by atoms with Gasteiger partial charge in [-0.1, -0.05) is 15.9 Å². The van der Waals surface area contributed by atoms with Crippen LogP contribution in [-0.2, 0) is 0 Å². The summed E-state index contributed by atoms with van der Waals surface area (Å²) in [5.74, 6) is -0.113. The Kier molecular flexibility index (Phi) is 4.81. The average Bonchev–Trinajstić information content (AvgIpc) is 3.04. The molecule has 3 rings (SSSR count). The minimum Gasteiger partial charge on any atom is -0.399 e. The standard InChI is InChI=1S/C19H22BrN3O/c1-12-9-14(20)10-13(2)18(12)22-19(24)16-11-15(21)5-6-17(16)23-7-3-4-8-23/h5-6,9-11H,3-4,7-8,21H2,1-2H3,(H,22,24). The number of amides is 1. The number of carbonyl (C=O) groups excluding carboxylic acids is 1. The molecule has 0 bridgehead atoms. The lowest BCUT2D eigenvalue weighted by Gasteiger charge is -2.22. The summed E-state index contributed by atoms with van der Waals surface area (Å²) in [5.41, 5.74) is 11.1. The quantitative estimate of drug-likeness (QED) is 0.762. The molecule has 2 aromatic rings. The van der Waals surface area contributed by atoms with Gasteiger partial charge < -0.3 is 16.0 Å². The van der Waals surface area contributed by atoms with Gasteiger partial charge in [0.2, 0.25) is 0 Å². The molecule has 5 heteroatoms. The van der Waals surface area contributed by atoms with Gasteiger partial charge in [-0.05, 0) is 68.1 Å². The highest BCUT2D eigenvalue weighted by Crippen LogP contribution is 2.29. The van der Waals surface area contributed by atoms with Crippen LogP contribution in [0.25, 0.3) is 0 Å². The van der Waals surface area contributed by atoms with Crippen LogP contribution in [0.1, 0.15) is 34.3 Å². The lowest BCUT2D eigenvalue weighted by atomic mass is 10.1. The monoisotopic (exact) mass is 387 g/mol. The Hall–Kier alpha value is -2.01. The first-order chi connectivity index (χ1) is 11.5. The molecule has 0 aromatic heterocycles. The number of nitrogens with two attached hydrogens (primary N) is 1. The van der Waals surface area contributed by atoms with Crippen molar-refractivity contribution < 1.29 is 4.79 Å². The number of hydrogen-bond acceptors (Lipinski definition) is 3. The minimum absolute atomic E-state index is 0.113. The fourth-order valence-corrected chi connectivity index (χ4v) is 3.94. The van der Waals surface area contributed by atoms with E-state index in [-0.39, 0.29) is 5.91 Å². The van der Waals surface area contributed by atoms with Gasteiger partial charge in [0.15, 0.2) is 0 Å². The Morgan fingerprint density at radius 2 is 1.75 bits per heavy atom. The molecule has 2 aromatic carbocycles. The third kappa shape index (κ3) is 3.41. The third-order valence-electron chi connectivity index (χ3n) is 4.45. The van der Waals surface area contributed by atoms with E-state index in [0.717, 1.165) is 52.9 Å². The molecule has 4 nitrogen and oxygen atoms in total. The highest BCUT2D eigenvalue weighted by atomic mass is 79.9. The van der Waals surface area contributed by atoms with Crippen LogP contribution in [0.2, 0.25) is 0 Å². The SMILES string of the molecule is Cc1cc(Br)cc(C)c1NC(=O)c1cc(N)ccc1N1CCCC1. The Morgan fingerprint density at radius 1 is 1.12 bits per heavy atom. The summed E-state index contributed by atoms with van der Waals surface area (Å²) in [6, 6.07) is 9.59. The maximum Gasteiger partial charge on any atom is 0.257 e. The van der Waals surface area contributed by atoms with E-state index in [4.69, 9.17) is 5.73 Å². The normalized spacial score (nSPS) is 14.0. The van der Waals surface area contributed by atoms with E-state index in [9.17, 15) is 4.79 Å². The molecule has 1 aliphatic heterocycles. The molecular formula is C19H22BrN3O. The number of benzene rings is 2. The zero-order valence-corrected chi connectivity index (χ0v) is 15.6. The lowest BCUT2D eigenvalue weighted by molar-refractivity contribution is 0.102. The van der Waals surface area contributed by atoms with E-state index in [2.05, 4.69) is 26.1 Å². The van der Waals surface area contributed by atoms with E-state index in [0.29, 0.717) is 11.3 Å². The second-order valence-electron chi connectivity index (χ2n) is 6.34. The van der Waals surface area contributed by atoms with Gasteiger partial charge in [-0.3, -0.25) is 4.79 Å². The van der Waals surface area contributed by atoms with Crippen molar-refractivity contribution in [2.75, 3.05) is 29.0 Å². The van der Waals surface area contributed by atoms with Crippen molar-refractivity contribution in [3.05, 3.63) is 51.5 Å². The number of halogens is 1. The van der Waals surface area contributed by atoms with Crippen molar-refractivity contribution in [1.82, 2.24) is 0 Å². The molecule has 0 radical (unpaired) electrons. The zero-order chi connectivity index (χ0) is 17.3. The topological polar surface area (TPSA) is 58.4 Å². The lowest BCUT2D eigenvalue weighted by Crippen LogP contribution is -2.23. The van der Waals surface area contributed by atoms with Crippen LogP contribution in [0, 0.1) is 13.8 Å². The van der Waals surface area contributed by atoms with E-state index in [1.165, 1.54) is 0 Å². The van der Waals surface area contributed by atoms with E-state index >= 15 is 0 Å². The molecule has 3 N–H and O–H groups in total. The molecule has 24 heavy (non-hydrogen) atoms. The summed E-state index contributed by atoms with van der Waals surface area (Å²) >= 11 is 3.49. The van der Waals surface area contributed by atoms with Crippen LogP contribution in [0.3, 0.4) is 0 Å². The number of aryl methyl sites for hydroxylation is 2. The van der Waals surface area contributed by atoms with Crippen molar-refractivity contribution in [3.63, 3.8) is 0 Å². The van der Waals surface area contributed by atoms with Gasteiger partial charge in [0.05, 0.1) is 5.56 Å². The molecule has 0 aliphatic carbocycles. The highest BCUT2D eigenvalue weighted by Gasteiger charge is 2.20. The molecule has 0 unspecified atom stereocenters. The molecule has 1 fully saturated rings. The number of rotatable bonds is 3. The van der Waals surface area contributed by atoms with Gasteiger partial charge in [0, 0.05) is 34.6 Å². The molecule has 1 saturated heterocycles. The summed E-state index contributed by atoms with van der Waals surface area (Å²) in [6.45, 7) is 5.96. The summed E-state index contributed by atoms with van der Waals surface area (Å²) < 4.78 is 1.01. The van der Waals surface area contributed by atoms with Gasteiger partial charge in [-0.25, -0.2) is 0 Å². The zero-order valence-electron chi connectivity index (χ0n) is 14.0. The summed E-state index contributed by atoms with van der Waals surface area (Å²) in [6.07, 6.45) is 2.33. The number of nitrogen functional groups attached to an aromatic ring is 1. The van der Waals surface area contributed by atoms with Gasteiger partial charge in [0.25, 0.3) is 5.91 Å². The van der Waals surface area contributed by atoms with Crippen molar-refractivity contribution in [2.45, 2.75) is 26.7 Å². The maximum atomic E-state index is 12.9. The third-order valence-corrected chi connectivity index (χ3v) is 4.91. The molecule has 0 saturated carbocycles. The summed E-state index contributed by atoms with van der Waals surface area (Å²) in [4.78, 5) is 15.2. The van der Waals surface area contributed by atoms with Crippen LogP contribution in [0.4, 0.5) is 17.1 Å². The second-order valence-corrected chi connectivity index (χ2v) is 7.26. The van der Waals surface area contributed by atoms with Crippen LogP contribution in [0.15, 0.2) is 34.8 Å². The van der Waals surface area contributed by atoms with Gasteiger partial charge in [-0.15, -0.1) is 0 Å². The Morgan fingerprint density at radius 3 is 2.38 bits per heavy atom. The second kappa shape index (κ2) is 6.85. The van der Waals surface area contributed by atoms with Crippen LogP contribution < -0.4 is 16.0 Å². The number of hydrogen-bond donors (Lipinski definition) is 2. The first kappa shape index (κ1) is 16.8. The first-order valence-electron chi connectivity index (χ1n) is 8.18. The number of carbonyl (C=O) groups is 1. The maximum absolute atomic E-state index is 12.9. The van der Waals surface area contributed by atoms with Gasteiger partial charge in [-0.2, -0.15) is 0 Å². The number of anilines is 3. The largest absolute Gasteiger partial charge is 0.399 e. The predicted octanol–water partition coefficient (Wildman–Crippen LogP) is 4.50. The fraction of sp³-hybridized carbons (Fsp3) is 0.316. The Balaban J connectivity index is 1.94. The van der Waals surface area contributed by atoms with E-state index in [1.807, 2.05) is 38.1 Å². The average molecular weight is 388 g/mol. The van der Waals surface area contributed by atoms with Crippen molar-refractivity contribution in [1.29, 1.82) is 0 Å². The van der Waals surface area contributed by atoms with Gasteiger partial charge >= 0.3 is 0 Å². The molecule has 0 atom stereocenters. The molecule has 1 heterocycles. The van der Waals surface area contributed by atoms with Crippen molar-refractivity contribution in [2.24, 2.45) is 0 Å². The number of nitrogens with zero attached hydrogens (tertiary/aromatic N) is 1. The van der Waals surface area contributed by atoms with Crippen molar-refractivity contribution in [3.8, 4) is 0 Å². The minimum atomic E-state index is -0.113. The molecule has 1 aliphatic rings. The predicted molar refractivity (Wildman–Crippen MR) is 104 cm³/mol. The molecule has 1 amide bonds. The fourth-order valence-electron chi connectivity index (χ4n) is 3.26. The molecule has 126 valence electrons. The first-order valence-corrected chi connectivity index (χ1v) is 8.97. The van der Waals surface area contributed by atoms with Crippen LogP contribution >= 0.6 is 15.9 Å². The smallest absolute Gasteiger partial charge is 0.257 e. The van der Waals surface area contributed by atoms with Crippen LogP contribution in [-0.4, -0.2) is 19.0 Å².